The number of nitrogens with zero attached hydrogens (tertiary/aromatic N) is 3. The smallest absolute Gasteiger partial charge is 0.218 e. The van der Waals surface area contributed by atoms with Crippen LogP contribution in [0.5, 0.6) is 5.88 Å². The number of anilines is 1. The van der Waals surface area contributed by atoms with E-state index < -0.39 is 0 Å². The fraction of sp³-hybridized carbons (Fsp3) is 0.750. The van der Waals surface area contributed by atoms with Crippen LogP contribution in [0.1, 0.15) is 39.0 Å². The molecule has 2 aliphatic rings. The van der Waals surface area contributed by atoms with Crippen LogP contribution in [0, 0.1) is 5.92 Å². The third kappa shape index (κ3) is 3.64. The molecular weight excluding hydrogens is 264 g/mol. The first-order valence-corrected chi connectivity index (χ1v) is 8.30. The molecule has 2 saturated heterocycles. The number of ether oxygens (including phenoxy) is 1. The van der Waals surface area contributed by atoms with Gasteiger partial charge in [-0.1, -0.05) is 6.92 Å². The van der Waals surface area contributed by atoms with Gasteiger partial charge < -0.3 is 15.0 Å². The minimum atomic E-state index is 0.697. The molecule has 21 heavy (non-hydrogen) atoms. The maximum absolute atomic E-state index is 5.62. The Hall–Kier alpha value is -1.36. The van der Waals surface area contributed by atoms with Crippen molar-refractivity contribution in [1.29, 1.82) is 0 Å². The lowest BCUT2D eigenvalue weighted by Crippen LogP contribution is -2.43. The zero-order valence-corrected chi connectivity index (χ0v) is 12.9. The Labute approximate surface area is 127 Å². The lowest BCUT2D eigenvalue weighted by atomic mass is 9.90. The molecule has 2 unspecified atom stereocenters. The van der Waals surface area contributed by atoms with Gasteiger partial charge in [-0.25, -0.2) is 9.97 Å². The minimum Gasteiger partial charge on any atom is -0.478 e. The van der Waals surface area contributed by atoms with Gasteiger partial charge in [0.25, 0.3) is 0 Å². The number of rotatable bonds is 5. The van der Waals surface area contributed by atoms with Crippen molar-refractivity contribution in [3.05, 3.63) is 12.4 Å². The number of hydrogen-bond donors (Lipinski definition) is 1. The fourth-order valence-corrected chi connectivity index (χ4v) is 3.45. The second kappa shape index (κ2) is 7.07. The minimum absolute atomic E-state index is 0.697. The van der Waals surface area contributed by atoms with E-state index in [4.69, 9.17) is 4.74 Å². The second-order valence-electron chi connectivity index (χ2n) is 6.11. The van der Waals surface area contributed by atoms with Gasteiger partial charge in [-0.3, -0.25) is 0 Å². The molecule has 1 aromatic rings. The van der Waals surface area contributed by atoms with Gasteiger partial charge in [0.05, 0.1) is 6.61 Å². The van der Waals surface area contributed by atoms with Crippen molar-refractivity contribution < 1.29 is 4.74 Å². The Morgan fingerprint density at radius 3 is 3.10 bits per heavy atom. The summed E-state index contributed by atoms with van der Waals surface area (Å²) in [6.45, 7) is 6.19. The summed E-state index contributed by atoms with van der Waals surface area (Å²) >= 11 is 0. The first-order valence-electron chi connectivity index (χ1n) is 8.30. The van der Waals surface area contributed by atoms with E-state index in [2.05, 4.69) is 27.1 Å². The van der Waals surface area contributed by atoms with Crippen LogP contribution in [-0.2, 0) is 0 Å². The molecule has 0 amide bonds. The van der Waals surface area contributed by atoms with Crippen LogP contribution < -0.4 is 15.0 Å². The third-order valence-corrected chi connectivity index (χ3v) is 4.53. The first-order chi connectivity index (χ1) is 10.4. The van der Waals surface area contributed by atoms with Crippen LogP contribution in [-0.4, -0.2) is 42.3 Å². The summed E-state index contributed by atoms with van der Waals surface area (Å²) in [5.74, 6) is 2.46. The van der Waals surface area contributed by atoms with Crippen LogP contribution in [0.25, 0.3) is 0 Å². The van der Waals surface area contributed by atoms with Gasteiger partial charge in [-0.2, -0.15) is 0 Å². The number of aromatic nitrogens is 2. The second-order valence-corrected chi connectivity index (χ2v) is 6.11. The van der Waals surface area contributed by atoms with Crippen molar-refractivity contribution >= 4 is 5.82 Å². The zero-order valence-electron chi connectivity index (χ0n) is 12.9. The van der Waals surface area contributed by atoms with Crippen LogP contribution in [0.4, 0.5) is 5.82 Å². The number of nitrogens with one attached hydrogen (secondary N) is 1. The summed E-state index contributed by atoms with van der Waals surface area (Å²) < 4.78 is 5.62. The first kappa shape index (κ1) is 14.6. The SMILES string of the molecule is CCCOc1cc(N2CCCC(C3CCCN3)C2)ncn1. The van der Waals surface area contributed by atoms with E-state index in [-0.39, 0.29) is 0 Å². The van der Waals surface area contributed by atoms with Crippen molar-refractivity contribution in [2.24, 2.45) is 5.92 Å². The fourth-order valence-electron chi connectivity index (χ4n) is 3.45. The molecule has 0 bridgehead atoms. The van der Waals surface area contributed by atoms with Crippen molar-refractivity contribution in [2.45, 2.75) is 45.1 Å². The summed E-state index contributed by atoms with van der Waals surface area (Å²) in [5.41, 5.74) is 0. The Morgan fingerprint density at radius 1 is 1.33 bits per heavy atom. The van der Waals surface area contributed by atoms with Crippen molar-refractivity contribution in [3.63, 3.8) is 0 Å². The summed E-state index contributed by atoms with van der Waals surface area (Å²) in [6, 6.07) is 2.69. The predicted octanol–water partition coefficient (Wildman–Crippen LogP) is 2.23. The van der Waals surface area contributed by atoms with Gasteiger partial charge in [-0.15, -0.1) is 0 Å². The predicted molar refractivity (Wildman–Crippen MR) is 83.8 cm³/mol. The molecule has 1 N–H and O–H groups in total. The van der Waals surface area contributed by atoms with Crippen LogP contribution in [0.15, 0.2) is 12.4 Å². The van der Waals surface area contributed by atoms with E-state index in [0.29, 0.717) is 18.5 Å². The topological polar surface area (TPSA) is 50.3 Å². The molecule has 1 aromatic heterocycles. The molecule has 5 heteroatoms. The maximum atomic E-state index is 5.62. The summed E-state index contributed by atoms with van der Waals surface area (Å²) in [4.78, 5) is 11.0. The van der Waals surface area contributed by atoms with E-state index in [1.807, 2.05) is 6.07 Å². The van der Waals surface area contributed by atoms with Gasteiger partial charge >= 0.3 is 0 Å². The van der Waals surface area contributed by atoms with Crippen molar-refractivity contribution in [1.82, 2.24) is 15.3 Å². The monoisotopic (exact) mass is 290 g/mol. The highest BCUT2D eigenvalue weighted by Crippen LogP contribution is 2.28. The standard InChI is InChI=1S/C16H26N4O/c1-2-9-21-16-10-15(18-12-19-16)20-8-4-5-13(11-20)14-6-3-7-17-14/h10,12-14,17H,2-9,11H2,1H3. The van der Waals surface area contributed by atoms with Crippen molar-refractivity contribution in [3.8, 4) is 5.88 Å². The average Bonchev–Trinajstić information content (AvgIpc) is 3.08. The lowest BCUT2D eigenvalue weighted by molar-refractivity contribution is 0.303. The van der Waals surface area contributed by atoms with E-state index in [1.54, 1.807) is 6.33 Å². The summed E-state index contributed by atoms with van der Waals surface area (Å²) in [7, 11) is 0. The molecule has 2 aliphatic heterocycles. The van der Waals surface area contributed by atoms with Crippen LogP contribution in [0.3, 0.4) is 0 Å². The quantitative estimate of drug-likeness (QED) is 0.901. The third-order valence-electron chi connectivity index (χ3n) is 4.53. The van der Waals surface area contributed by atoms with Gasteiger partial charge in [-0.05, 0) is 44.6 Å². The van der Waals surface area contributed by atoms with E-state index in [9.17, 15) is 0 Å². The molecule has 0 aromatic carbocycles. The molecule has 3 rings (SSSR count). The molecule has 2 fully saturated rings. The largest absolute Gasteiger partial charge is 0.478 e. The van der Waals surface area contributed by atoms with Gasteiger partial charge in [0.15, 0.2) is 0 Å². The molecule has 3 heterocycles. The highest BCUT2D eigenvalue weighted by molar-refractivity contribution is 5.41. The summed E-state index contributed by atoms with van der Waals surface area (Å²) in [6.07, 6.45) is 7.85. The molecule has 0 spiro atoms. The normalized spacial score (nSPS) is 26.0. The van der Waals surface area contributed by atoms with E-state index >= 15 is 0 Å². The Kier molecular flexibility index (Phi) is 4.91. The molecule has 116 valence electrons. The van der Waals surface area contributed by atoms with E-state index in [1.165, 1.54) is 32.2 Å². The average molecular weight is 290 g/mol. The zero-order chi connectivity index (χ0) is 14.5. The van der Waals surface area contributed by atoms with Gasteiger partial charge in [0, 0.05) is 25.2 Å². The highest BCUT2D eigenvalue weighted by atomic mass is 16.5. The highest BCUT2D eigenvalue weighted by Gasteiger charge is 2.29. The molecule has 0 saturated carbocycles. The van der Waals surface area contributed by atoms with E-state index in [0.717, 1.165) is 31.2 Å². The van der Waals surface area contributed by atoms with Crippen molar-refractivity contribution in [2.75, 3.05) is 31.1 Å². The Morgan fingerprint density at radius 2 is 2.29 bits per heavy atom. The van der Waals surface area contributed by atoms with Gasteiger partial charge in [0.1, 0.15) is 12.1 Å². The molecular formula is C16H26N4O. The Balaban J connectivity index is 1.64. The maximum Gasteiger partial charge on any atom is 0.218 e. The van der Waals surface area contributed by atoms with Gasteiger partial charge in [0.2, 0.25) is 5.88 Å². The Bertz CT molecular complexity index is 448. The number of hydrogen-bond acceptors (Lipinski definition) is 5. The van der Waals surface area contributed by atoms with Crippen LogP contribution in [0.2, 0.25) is 0 Å². The molecule has 2 atom stereocenters. The lowest BCUT2D eigenvalue weighted by Gasteiger charge is -2.36. The number of piperidine rings is 1. The molecule has 0 aliphatic carbocycles. The molecule has 5 nitrogen and oxygen atoms in total. The summed E-state index contributed by atoms with van der Waals surface area (Å²) in [5, 5.41) is 3.65. The van der Waals surface area contributed by atoms with Crippen LogP contribution >= 0.6 is 0 Å². The molecule has 0 radical (unpaired) electrons.